The summed E-state index contributed by atoms with van der Waals surface area (Å²) in [5, 5.41) is 0. The lowest BCUT2D eigenvalue weighted by Crippen LogP contribution is -2.32. The van der Waals surface area contributed by atoms with E-state index in [1.165, 1.54) is 0 Å². The smallest absolute Gasteiger partial charge is 0.306 e. The van der Waals surface area contributed by atoms with E-state index in [-0.39, 0.29) is 24.4 Å². The minimum absolute atomic E-state index is 0.0804. The average Bonchev–Trinajstić information content (AvgIpc) is 3.00. The molecule has 1 aliphatic rings. The molecule has 1 aromatic carbocycles. The number of rotatable bonds is 5. The maximum atomic E-state index is 11.8. The van der Waals surface area contributed by atoms with E-state index in [4.69, 9.17) is 4.74 Å². The second kappa shape index (κ2) is 7.08. The molecule has 1 atom stereocenters. The molecule has 1 unspecified atom stereocenters. The van der Waals surface area contributed by atoms with E-state index >= 15 is 0 Å². The molecule has 1 amide bonds. The highest BCUT2D eigenvalue weighted by Crippen LogP contribution is 2.18. The van der Waals surface area contributed by atoms with Crippen LogP contribution in [-0.4, -0.2) is 36.5 Å². The average molecular weight is 275 g/mol. The van der Waals surface area contributed by atoms with Gasteiger partial charge in [0.25, 0.3) is 5.91 Å². The van der Waals surface area contributed by atoms with Gasteiger partial charge in [-0.2, -0.15) is 0 Å². The van der Waals surface area contributed by atoms with E-state index in [0.29, 0.717) is 6.42 Å². The predicted octanol–water partition coefficient (Wildman–Crippen LogP) is 2.35. The van der Waals surface area contributed by atoms with Crippen LogP contribution >= 0.6 is 0 Å². The Balaban J connectivity index is 1.73. The zero-order valence-corrected chi connectivity index (χ0v) is 11.9. The fraction of sp³-hybridized carbons (Fsp3) is 0.500. The molecule has 0 saturated carbocycles. The third-order valence-corrected chi connectivity index (χ3v) is 3.66. The maximum Gasteiger partial charge on any atom is 0.306 e. The monoisotopic (exact) mass is 275 g/mol. The first-order valence-corrected chi connectivity index (χ1v) is 7.15. The minimum atomic E-state index is -0.311. The van der Waals surface area contributed by atoms with Gasteiger partial charge in [-0.25, -0.2) is 0 Å². The van der Waals surface area contributed by atoms with Crippen molar-refractivity contribution in [3.05, 3.63) is 35.9 Å². The summed E-state index contributed by atoms with van der Waals surface area (Å²) in [7, 11) is 0. The van der Waals surface area contributed by atoms with Crippen LogP contribution in [0.1, 0.15) is 37.7 Å². The molecular weight excluding hydrogens is 254 g/mol. The molecule has 0 bridgehead atoms. The van der Waals surface area contributed by atoms with E-state index in [1.54, 1.807) is 4.90 Å². The van der Waals surface area contributed by atoms with Crippen LogP contribution in [0.4, 0.5) is 0 Å². The van der Waals surface area contributed by atoms with Gasteiger partial charge in [0, 0.05) is 13.1 Å². The summed E-state index contributed by atoms with van der Waals surface area (Å²) in [5.74, 6) is -0.289. The van der Waals surface area contributed by atoms with Crippen LogP contribution in [0.5, 0.6) is 0 Å². The highest BCUT2D eigenvalue weighted by molar-refractivity contribution is 5.81. The fourth-order valence-corrected chi connectivity index (χ4v) is 2.41. The van der Waals surface area contributed by atoms with Gasteiger partial charge < -0.3 is 9.64 Å². The zero-order valence-electron chi connectivity index (χ0n) is 11.9. The first-order chi connectivity index (χ1) is 9.66. The Kier molecular flexibility index (Phi) is 5.16. The Hall–Kier alpha value is -1.84. The summed E-state index contributed by atoms with van der Waals surface area (Å²) >= 11 is 0. The second-order valence-corrected chi connectivity index (χ2v) is 5.26. The van der Waals surface area contributed by atoms with Gasteiger partial charge in [0.2, 0.25) is 0 Å². The lowest BCUT2D eigenvalue weighted by Gasteiger charge is -2.16. The van der Waals surface area contributed by atoms with Gasteiger partial charge in [-0.05, 0) is 24.3 Å². The Morgan fingerprint density at radius 2 is 1.85 bits per heavy atom. The molecule has 0 aromatic heterocycles. The zero-order chi connectivity index (χ0) is 14.4. The van der Waals surface area contributed by atoms with Crippen LogP contribution in [0.2, 0.25) is 0 Å². The molecule has 1 fully saturated rings. The number of carbonyl (C=O) groups excluding carboxylic acids is 2. The van der Waals surface area contributed by atoms with Crippen LogP contribution < -0.4 is 0 Å². The summed E-state index contributed by atoms with van der Waals surface area (Å²) < 4.78 is 5.08. The summed E-state index contributed by atoms with van der Waals surface area (Å²) in [6, 6.07) is 9.84. The van der Waals surface area contributed by atoms with E-state index in [9.17, 15) is 9.59 Å². The van der Waals surface area contributed by atoms with Crippen molar-refractivity contribution in [3.63, 3.8) is 0 Å². The van der Waals surface area contributed by atoms with Gasteiger partial charge in [0.05, 0.1) is 6.42 Å². The molecule has 2 rings (SSSR count). The van der Waals surface area contributed by atoms with Crippen molar-refractivity contribution in [3.8, 4) is 0 Å². The highest BCUT2D eigenvalue weighted by Gasteiger charge is 2.20. The number of nitrogens with zero attached hydrogens (tertiary/aromatic N) is 1. The third-order valence-electron chi connectivity index (χ3n) is 3.66. The van der Waals surface area contributed by atoms with Crippen LogP contribution in [-0.2, 0) is 14.3 Å². The number of hydrogen-bond acceptors (Lipinski definition) is 3. The number of hydrogen-bond donors (Lipinski definition) is 0. The van der Waals surface area contributed by atoms with Gasteiger partial charge in [0.15, 0.2) is 6.61 Å². The molecule has 0 spiro atoms. The lowest BCUT2D eigenvalue weighted by atomic mass is 9.98. The first kappa shape index (κ1) is 14.6. The first-order valence-electron chi connectivity index (χ1n) is 7.15. The maximum absolute atomic E-state index is 11.8. The molecule has 1 heterocycles. The molecule has 0 radical (unpaired) electrons. The third kappa shape index (κ3) is 4.08. The van der Waals surface area contributed by atoms with Crippen molar-refractivity contribution in [2.24, 2.45) is 0 Å². The number of benzene rings is 1. The normalized spacial score (nSPS) is 15.9. The second-order valence-electron chi connectivity index (χ2n) is 5.26. The number of carbonyl (C=O) groups is 2. The molecule has 1 aromatic rings. The summed E-state index contributed by atoms with van der Waals surface area (Å²) in [4.78, 5) is 25.3. The van der Waals surface area contributed by atoms with Crippen LogP contribution in [0.15, 0.2) is 30.3 Å². The Bertz CT molecular complexity index is 452. The standard InChI is InChI=1S/C16H21NO3/c1-13(14-7-3-2-4-8-14)11-16(19)20-12-15(18)17-9-5-6-10-17/h2-4,7-8,13H,5-6,9-12H2,1H3. The van der Waals surface area contributed by atoms with Crippen LogP contribution in [0.25, 0.3) is 0 Å². The van der Waals surface area contributed by atoms with Gasteiger partial charge in [-0.1, -0.05) is 37.3 Å². The predicted molar refractivity (Wildman–Crippen MR) is 76.2 cm³/mol. The topological polar surface area (TPSA) is 46.6 Å². The van der Waals surface area contributed by atoms with Gasteiger partial charge >= 0.3 is 5.97 Å². The lowest BCUT2D eigenvalue weighted by molar-refractivity contribution is -0.151. The molecular formula is C16H21NO3. The van der Waals surface area contributed by atoms with Crippen molar-refractivity contribution < 1.29 is 14.3 Å². The molecule has 0 aliphatic carbocycles. The molecule has 0 N–H and O–H groups in total. The quantitative estimate of drug-likeness (QED) is 0.775. The minimum Gasteiger partial charge on any atom is -0.456 e. The summed E-state index contributed by atoms with van der Waals surface area (Å²) in [6.07, 6.45) is 2.40. The molecule has 4 heteroatoms. The van der Waals surface area contributed by atoms with E-state index in [2.05, 4.69) is 0 Å². The molecule has 1 saturated heterocycles. The van der Waals surface area contributed by atoms with Crippen molar-refractivity contribution >= 4 is 11.9 Å². The summed E-state index contributed by atoms with van der Waals surface area (Å²) in [6.45, 7) is 3.44. The van der Waals surface area contributed by atoms with Crippen LogP contribution in [0, 0.1) is 0 Å². The van der Waals surface area contributed by atoms with Crippen molar-refractivity contribution in [2.45, 2.75) is 32.1 Å². The summed E-state index contributed by atoms with van der Waals surface area (Å²) in [5.41, 5.74) is 1.11. The Labute approximate surface area is 119 Å². The van der Waals surface area contributed by atoms with Crippen molar-refractivity contribution in [1.29, 1.82) is 0 Å². The number of ether oxygens (including phenoxy) is 1. The number of amides is 1. The van der Waals surface area contributed by atoms with Gasteiger partial charge in [-0.3, -0.25) is 9.59 Å². The van der Waals surface area contributed by atoms with Crippen molar-refractivity contribution in [1.82, 2.24) is 4.90 Å². The van der Waals surface area contributed by atoms with Crippen molar-refractivity contribution in [2.75, 3.05) is 19.7 Å². The van der Waals surface area contributed by atoms with Gasteiger partial charge in [-0.15, -0.1) is 0 Å². The number of esters is 1. The molecule has 108 valence electrons. The van der Waals surface area contributed by atoms with E-state index < -0.39 is 0 Å². The number of likely N-dealkylation sites (tertiary alicyclic amines) is 1. The SMILES string of the molecule is CC(CC(=O)OCC(=O)N1CCCC1)c1ccccc1. The Morgan fingerprint density at radius 1 is 1.20 bits per heavy atom. The van der Waals surface area contributed by atoms with Crippen LogP contribution in [0.3, 0.4) is 0 Å². The fourth-order valence-electron chi connectivity index (χ4n) is 2.41. The highest BCUT2D eigenvalue weighted by atomic mass is 16.5. The van der Waals surface area contributed by atoms with E-state index in [0.717, 1.165) is 31.5 Å². The van der Waals surface area contributed by atoms with Gasteiger partial charge in [0.1, 0.15) is 0 Å². The molecule has 4 nitrogen and oxygen atoms in total. The molecule has 1 aliphatic heterocycles. The molecule has 20 heavy (non-hydrogen) atoms. The van der Waals surface area contributed by atoms with E-state index in [1.807, 2.05) is 37.3 Å². The Morgan fingerprint density at radius 3 is 2.50 bits per heavy atom. The largest absolute Gasteiger partial charge is 0.456 e.